The van der Waals surface area contributed by atoms with Gasteiger partial charge in [-0.15, -0.1) is 0 Å². The van der Waals surface area contributed by atoms with Crippen LogP contribution in [-0.2, 0) is 4.74 Å². The van der Waals surface area contributed by atoms with Gasteiger partial charge in [-0.1, -0.05) is 30.9 Å². The highest BCUT2D eigenvalue weighted by Crippen LogP contribution is 2.30. The van der Waals surface area contributed by atoms with E-state index in [2.05, 4.69) is 27.5 Å². The van der Waals surface area contributed by atoms with Crippen LogP contribution in [-0.4, -0.2) is 17.6 Å². The Labute approximate surface area is 108 Å². The molecule has 1 aromatic carbocycles. The number of esters is 1. The maximum absolute atomic E-state index is 11.7. The lowest BCUT2D eigenvalue weighted by Crippen LogP contribution is -2.05. The summed E-state index contributed by atoms with van der Waals surface area (Å²) in [5, 5.41) is 0.949. The van der Waals surface area contributed by atoms with E-state index in [9.17, 15) is 4.79 Å². The molecule has 0 amide bonds. The molecule has 0 aliphatic carbocycles. The van der Waals surface area contributed by atoms with Crippen LogP contribution in [0.2, 0.25) is 0 Å². The summed E-state index contributed by atoms with van der Waals surface area (Å²) in [7, 11) is 0. The van der Waals surface area contributed by atoms with Gasteiger partial charge in [0.25, 0.3) is 0 Å². The van der Waals surface area contributed by atoms with Crippen LogP contribution >= 0.6 is 15.9 Å². The largest absolute Gasteiger partial charge is 0.461 e. The second kappa shape index (κ2) is 4.75. The molecule has 17 heavy (non-hydrogen) atoms. The summed E-state index contributed by atoms with van der Waals surface area (Å²) in [4.78, 5) is 14.8. The van der Waals surface area contributed by atoms with Crippen molar-refractivity contribution in [3.05, 3.63) is 40.5 Å². The molecule has 2 aromatic rings. The molecule has 4 heteroatoms. The fourth-order valence-electron chi connectivity index (χ4n) is 1.72. The molecule has 0 atom stereocenters. The minimum absolute atomic E-state index is 0.356. The summed E-state index contributed by atoms with van der Waals surface area (Å²) in [5.41, 5.74) is 2.28. The number of aromatic nitrogens is 1. The van der Waals surface area contributed by atoms with E-state index in [-0.39, 0.29) is 5.97 Å². The molecular weight excluding hydrogens is 282 g/mol. The zero-order chi connectivity index (χ0) is 12.4. The SMILES string of the molecule is C=Cc1cccc2c(Br)c(C(=O)OCC)[nH]c12. The first kappa shape index (κ1) is 11.9. The molecule has 0 bridgehead atoms. The second-order valence-electron chi connectivity index (χ2n) is 3.51. The minimum atomic E-state index is -0.356. The van der Waals surface area contributed by atoms with Gasteiger partial charge in [0.1, 0.15) is 5.69 Å². The van der Waals surface area contributed by atoms with Crippen LogP contribution in [0.4, 0.5) is 0 Å². The summed E-state index contributed by atoms with van der Waals surface area (Å²) < 4.78 is 5.72. The molecule has 1 aromatic heterocycles. The third kappa shape index (κ3) is 2.00. The number of ether oxygens (including phenoxy) is 1. The van der Waals surface area contributed by atoms with Gasteiger partial charge in [-0.3, -0.25) is 0 Å². The number of carbonyl (C=O) groups excluding carboxylic acids is 1. The summed E-state index contributed by atoms with van der Waals surface area (Å²) in [6, 6.07) is 5.80. The Morgan fingerprint density at radius 1 is 1.59 bits per heavy atom. The number of hydrogen-bond acceptors (Lipinski definition) is 2. The number of fused-ring (bicyclic) bond motifs is 1. The van der Waals surface area contributed by atoms with Crippen molar-refractivity contribution in [2.45, 2.75) is 6.92 Å². The number of aromatic amines is 1. The Hall–Kier alpha value is -1.55. The number of para-hydroxylation sites is 1. The van der Waals surface area contributed by atoms with Crippen molar-refractivity contribution in [1.82, 2.24) is 4.98 Å². The lowest BCUT2D eigenvalue weighted by atomic mass is 10.1. The Kier molecular flexibility index (Phi) is 3.33. The van der Waals surface area contributed by atoms with E-state index >= 15 is 0 Å². The van der Waals surface area contributed by atoms with Crippen molar-refractivity contribution in [3.8, 4) is 0 Å². The number of halogens is 1. The topological polar surface area (TPSA) is 42.1 Å². The van der Waals surface area contributed by atoms with Crippen molar-refractivity contribution < 1.29 is 9.53 Å². The number of H-pyrrole nitrogens is 1. The number of benzene rings is 1. The van der Waals surface area contributed by atoms with E-state index in [1.807, 2.05) is 18.2 Å². The standard InChI is InChI=1S/C13H12BrNO2/c1-3-8-6-5-7-9-10(14)12(15-11(8)9)13(16)17-4-2/h3,5-7,15H,1,4H2,2H3. The van der Waals surface area contributed by atoms with Gasteiger partial charge >= 0.3 is 5.97 Å². The molecular formula is C13H12BrNO2. The lowest BCUT2D eigenvalue weighted by Gasteiger charge is -1.98. The quantitative estimate of drug-likeness (QED) is 0.876. The Morgan fingerprint density at radius 3 is 3.00 bits per heavy atom. The molecule has 0 aliphatic heterocycles. The third-order valence-electron chi connectivity index (χ3n) is 2.50. The predicted octanol–water partition coefficient (Wildman–Crippen LogP) is 3.75. The molecule has 88 valence electrons. The van der Waals surface area contributed by atoms with Gasteiger partial charge in [0, 0.05) is 5.39 Å². The maximum atomic E-state index is 11.7. The molecule has 0 aliphatic rings. The first-order valence-electron chi connectivity index (χ1n) is 5.28. The van der Waals surface area contributed by atoms with Crippen LogP contribution in [0.25, 0.3) is 17.0 Å². The van der Waals surface area contributed by atoms with Gasteiger partial charge < -0.3 is 9.72 Å². The van der Waals surface area contributed by atoms with E-state index in [1.54, 1.807) is 13.0 Å². The minimum Gasteiger partial charge on any atom is -0.461 e. The molecule has 0 fully saturated rings. The molecule has 0 unspecified atom stereocenters. The van der Waals surface area contributed by atoms with E-state index < -0.39 is 0 Å². The monoisotopic (exact) mass is 293 g/mol. The third-order valence-corrected chi connectivity index (χ3v) is 3.33. The summed E-state index contributed by atoms with van der Waals surface area (Å²) >= 11 is 3.42. The molecule has 2 rings (SSSR count). The fraction of sp³-hybridized carbons (Fsp3) is 0.154. The van der Waals surface area contributed by atoms with Gasteiger partial charge in [-0.2, -0.15) is 0 Å². The van der Waals surface area contributed by atoms with Gasteiger partial charge in [-0.25, -0.2) is 4.79 Å². The average Bonchev–Trinajstić information content (AvgIpc) is 2.67. The molecule has 1 N–H and O–H groups in total. The summed E-state index contributed by atoms with van der Waals surface area (Å²) in [6.07, 6.45) is 1.75. The van der Waals surface area contributed by atoms with Gasteiger partial charge in [-0.05, 0) is 28.4 Å². The highest BCUT2D eigenvalue weighted by molar-refractivity contribution is 9.10. The van der Waals surface area contributed by atoms with Crippen molar-refractivity contribution in [2.75, 3.05) is 6.61 Å². The van der Waals surface area contributed by atoms with Crippen LogP contribution in [0.1, 0.15) is 23.0 Å². The van der Waals surface area contributed by atoms with Crippen LogP contribution in [0.15, 0.2) is 29.3 Å². The van der Waals surface area contributed by atoms with Gasteiger partial charge in [0.05, 0.1) is 16.6 Å². The predicted molar refractivity (Wildman–Crippen MR) is 72.0 cm³/mol. The van der Waals surface area contributed by atoms with Crippen molar-refractivity contribution >= 4 is 38.9 Å². The Balaban J connectivity index is 2.64. The number of hydrogen-bond donors (Lipinski definition) is 1. The van der Waals surface area contributed by atoms with Crippen molar-refractivity contribution in [1.29, 1.82) is 0 Å². The average molecular weight is 294 g/mol. The second-order valence-corrected chi connectivity index (χ2v) is 4.30. The number of rotatable bonds is 3. The van der Waals surface area contributed by atoms with Crippen LogP contribution < -0.4 is 0 Å². The molecule has 0 spiro atoms. The Morgan fingerprint density at radius 2 is 2.35 bits per heavy atom. The Bertz CT molecular complexity index is 586. The van der Waals surface area contributed by atoms with Gasteiger partial charge in [0.2, 0.25) is 0 Å². The van der Waals surface area contributed by atoms with Crippen molar-refractivity contribution in [2.24, 2.45) is 0 Å². The molecule has 0 saturated heterocycles. The number of nitrogens with one attached hydrogen (secondary N) is 1. The van der Waals surface area contributed by atoms with Crippen LogP contribution in [0, 0.1) is 0 Å². The van der Waals surface area contributed by atoms with Crippen molar-refractivity contribution in [3.63, 3.8) is 0 Å². The molecule has 0 saturated carbocycles. The van der Waals surface area contributed by atoms with E-state index in [0.29, 0.717) is 12.3 Å². The highest BCUT2D eigenvalue weighted by atomic mass is 79.9. The van der Waals surface area contributed by atoms with E-state index in [0.717, 1.165) is 20.9 Å². The zero-order valence-electron chi connectivity index (χ0n) is 9.42. The first-order chi connectivity index (χ1) is 8.19. The highest BCUT2D eigenvalue weighted by Gasteiger charge is 2.17. The summed E-state index contributed by atoms with van der Waals surface area (Å²) in [6.45, 7) is 5.89. The normalized spacial score (nSPS) is 10.5. The molecule has 0 radical (unpaired) electrons. The maximum Gasteiger partial charge on any atom is 0.355 e. The van der Waals surface area contributed by atoms with Crippen LogP contribution in [0.3, 0.4) is 0 Å². The molecule has 3 nitrogen and oxygen atoms in total. The zero-order valence-corrected chi connectivity index (χ0v) is 11.0. The number of carbonyl (C=O) groups is 1. The van der Waals surface area contributed by atoms with E-state index in [1.165, 1.54) is 0 Å². The summed E-state index contributed by atoms with van der Waals surface area (Å²) in [5.74, 6) is -0.356. The van der Waals surface area contributed by atoms with Gasteiger partial charge in [0.15, 0.2) is 0 Å². The first-order valence-corrected chi connectivity index (χ1v) is 6.08. The smallest absolute Gasteiger partial charge is 0.355 e. The fourth-order valence-corrected chi connectivity index (χ4v) is 2.31. The van der Waals surface area contributed by atoms with E-state index in [4.69, 9.17) is 4.74 Å². The van der Waals surface area contributed by atoms with Crippen LogP contribution in [0.5, 0.6) is 0 Å². The lowest BCUT2D eigenvalue weighted by molar-refractivity contribution is 0.0519. The molecule has 1 heterocycles.